The number of H-pyrrole nitrogens is 1. The van der Waals surface area contributed by atoms with Crippen molar-refractivity contribution in [2.24, 2.45) is 0 Å². The fourth-order valence-corrected chi connectivity index (χ4v) is 3.86. The van der Waals surface area contributed by atoms with Gasteiger partial charge in [-0.05, 0) is 47.9 Å². The number of carbonyl (C=O) groups excluding carboxylic acids is 1. The van der Waals surface area contributed by atoms with Crippen molar-refractivity contribution in [1.29, 1.82) is 0 Å². The highest BCUT2D eigenvalue weighted by Gasteiger charge is 2.25. The van der Waals surface area contributed by atoms with Crippen molar-refractivity contribution in [3.05, 3.63) is 70.5 Å². The van der Waals surface area contributed by atoms with Crippen molar-refractivity contribution in [2.45, 2.75) is 18.9 Å². The van der Waals surface area contributed by atoms with Crippen LogP contribution >= 0.6 is 15.9 Å². The molecule has 1 amide bonds. The van der Waals surface area contributed by atoms with Crippen LogP contribution < -0.4 is 10.2 Å². The monoisotopic (exact) mass is 442 g/mol. The fourth-order valence-electron chi connectivity index (χ4n) is 3.43. The lowest BCUT2D eigenvalue weighted by molar-refractivity contribution is -0.121. The lowest BCUT2D eigenvalue weighted by Gasteiger charge is -2.16. The number of nitrogens with one attached hydrogen (secondary N) is 2. The van der Waals surface area contributed by atoms with Gasteiger partial charge < -0.3 is 10.2 Å². The van der Waals surface area contributed by atoms with E-state index in [1.165, 1.54) is 12.1 Å². The Hall–Kier alpha value is -2.67. The highest BCUT2D eigenvalue weighted by Crippen LogP contribution is 2.25. The standard InChI is InChI=1S/C21H20BrFN4O/c22-18-4-2-1-3-15(18)11-21(28)24-17-9-10-27(13-17)20-12-19(25-26-20)14-5-7-16(23)8-6-14/h1-8,12,17H,9-11,13H2,(H,24,28)(H,25,26). The van der Waals surface area contributed by atoms with Crippen LogP contribution in [0.2, 0.25) is 0 Å². The van der Waals surface area contributed by atoms with Crippen LogP contribution in [0.5, 0.6) is 0 Å². The van der Waals surface area contributed by atoms with E-state index in [1.54, 1.807) is 12.1 Å². The highest BCUT2D eigenvalue weighted by atomic mass is 79.9. The third-order valence-electron chi connectivity index (χ3n) is 4.91. The van der Waals surface area contributed by atoms with Gasteiger partial charge in [0.25, 0.3) is 0 Å². The van der Waals surface area contributed by atoms with Gasteiger partial charge in [-0.3, -0.25) is 9.89 Å². The Morgan fingerprint density at radius 3 is 2.82 bits per heavy atom. The van der Waals surface area contributed by atoms with Crippen molar-refractivity contribution in [3.63, 3.8) is 0 Å². The molecule has 1 aliphatic heterocycles. The Kier molecular flexibility index (Phi) is 5.43. The molecule has 1 atom stereocenters. The minimum atomic E-state index is -0.260. The van der Waals surface area contributed by atoms with Crippen LogP contribution in [-0.2, 0) is 11.2 Å². The molecule has 1 unspecified atom stereocenters. The molecule has 1 aliphatic rings. The molecule has 2 N–H and O–H groups in total. The number of aromatic amines is 1. The van der Waals surface area contributed by atoms with Gasteiger partial charge in [0.05, 0.1) is 12.1 Å². The zero-order valence-electron chi connectivity index (χ0n) is 15.2. The lowest BCUT2D eigenvalue weighted by Crippen LogP contribution is -2.38. The quantitative estimate of drug-likeness (QED) is 0.629. The summed E-state index contributed by atoms with van der Waals surface area (Å²) in [6.45, 7) is 1.54. The largest absolute Gasteiger partial charge is 0.353 e. The molecule has 1 fully saturated rings. The Labute approximate surface area is 171 Å². The number of hydrogen-bond donors (Lipinski definition) is 2. The molecule has 2 aromatic carbocycles. The number of rotatable bonds is 5. The van der Waals surface area contributed by atoms with E-state index in [2.05, 4.69) is 36.3 Å². The van der Waals surface area contributed by atoms with Crippen molar-refractivity contribution in [1.82, 2.24) is 15.5 Å². The fraction of sp³-hybridized carbons (Fsp3) is 0.238. The molecule has 3 aromatic rings. The Morgan fingerprint density at radius 1 is 1.25 bits per heavy atom. The third-order valence-corrected chi connectivity index (χ3v) is 5.68. The van der Waals surface area contributed by atoms with E-state index in [1.807, 2.05) is 30.3 Å². The molecule has 5 nitrogen and oxygen atoms in total. The Balaban J connectivity index is 1.35. The predicted molar refractivity (Wildman–Crippen MR) is 111 cm³/mol. The number of amides is 1. The molecule has 0 spiro atoms. The third kappa shape index (κ3) is 4.25. The first kappa shape index (κ1) is 18.7. The average Bonchev–Trinajstić information content (AvgIpc) is 3.34. The van der Waals surface area contributed by atoms with Gasteiger partial charge in [0.15, 0.2) is 5.82 Å². The van der Waals surface area contributed by atoms with E-state index in [9.17, 15) is 9.18 Å². The molecule has 0 saturated carbocycles. The number of anilines is 1. The maximum absolute atomic E-state index is 13.1. The zero-order valence-corrected chi connectivity index (χ0v) is 16.7. The van der Waals surface area contributed by atoms with E-state index in [0.717, 1.165) is 46.6 Å². The number of benzene rings is 2. The minimum Gasteiger partial charge on any atom is -0.353 e. The van der Waals surface area contributed by atoms with E-state index in [4.69, 9.17) is 0 Å². The van der Waals surface area contributed by atoms with Crippen LogP contribution in [-0.4, -0.2) is 35.2 Å². The summed E-state index contributed by atoms with van der Waals surface area (Å²) >= 11 is 3.48. The van der Waals surface area contributed by atoms with Gasteiger partial charge in [0.1, 0.15) is 5.82 Å². The second-order valence-electron chi connectivity index (χ2n) is 6.91. The molecule has 0 aliphatic carbocycles. The zero-order chi connectivity index (χ0) is 19.5. The molecule has 144 valence electrons. The SMILES string of the molecule is O=C(Cc1ccccc1Br)NC1CCN(c2cc(-c3ccc(F)cc3)[nH]n2)C1. The minimum absolute atomic E-state index is 0.0211. The molecule has 7 heteroatoms. The van der Waals surface area contributed by atoms with Crippen LogP contribution in [0.1, 0.15) is 12.0 Å². The molecular weight excluding hydrogens is 423 g/mol. The highest BCUT2D eigenvalue weighted by molar-refractivity contribution is 9.10. The summed E-state index contributed by atoms with van der Waals surface area (Å²) in [5, 5.41) is 10.5. The second-order valence-corrected chi connectivity index (χ2v) is 7.77. The van der Waals surface area contributed by atoms with Crippen LogP contribution in [0, 0.1) is 5.82 Å². The molecule has 0 radical (unpaired) electrons. The van der Waals surface area contributed by atoms with Gasteiger partial charge in [-0.15, -0.1) is 0 Å². The number of nitrogens with zero attached hydrogens (tertiary/aromatic N) is 2. The van der Waals surface area contributed by atoms with Crippen molar-refractivity contribution >= 4 is 27.7 Å². The molecular formula is C21H20BrFN4O. The summed E-state index contributed by atoms with van der Waals surface area (Å²) in [5.74, 6) is 0.596. The number of aromatic nitrogens is 2. The molecule has 2 heterocycles. The van der Waals surface area contributed by atoms with Gasteiger partial charge in [-0.1, -0.05) is 34.1 Å². The average molecular weight is 443 g/mol. The Morgan fingerprint density at radius 2 is 2.04 bits per heavy atom. The summed E-state index contributed by atoms with van der Waals surface area (Å²) in [6.07, 6.45) is 1.23. The van der Waals surface area contributed by atoms with Crippen LogP contribution in [0.4, 0.5) is 10.2 Å². The first-order valence-corrected chi connectivity index (χ1v) is 9.97. The summed E-state index contributed by atoms with van der Waals surface area (Å²) in [7, 11) is 0. The summed E-state index contributed by atoms with van der Waals surface area (Å²) in [5.41, 5.74) is 2.71. The van der Waals surface area contributed by atoms with Crippen LogP contribution in [0.15, 0.2) is 59.1 Å². The summed E-state index contributed by atoms with van der Waals surface area (Å²) < 4.78 is 14.0. The normalized spacial score (nSPS) is 16.4. The molecule has 28 heavy (non-hydrogen) atoms. The predicted octanol–water partition coefficient (Wildman–Crippen LogP) is 3.92. The van der Waals surface area contributed by atoms with Crippen LogP contribution in [0.3, 0.4) is 0 Å². The van der Waals surface area contributed by atoms with E-state index in [-0.39, 0.29) is 17.8 Å². The first-order valence-electron chi connectivity index (χ1n) is 9.17. The van der Waals surface area contributed by atoms with Gasteiger partial charge in [0, 0.05) is 29.7 Å². The van der Waals surface area contributed by atoms with Gasteiger partial charge in [0.2, 0.25) is 5.91 Å². The van der Waals surface area contributed by atoms with Gasteiger partial charge in [-0.2, -0.15) is 5.10 Å². The van der Waals surface area contributed by atoms with Gasteiger partial charge in [-0.25, -0.2) is 4.39 Å². The summed E-state index contributed by atoms with van der Waals surface area (Å²) in [6, 6.07) is 16.1. The van der Waals surface area contributed by atoms with Crippen LogP contribution in [0.25, 0.3) is 11.3 Å². The topological polar surface area (TPSA) is 61.0 Å². The smallest absolute Gasteiger partial charge is 0.224 e. The van der Waals surface area contributed by atoms with Crippen molar-refractivity contribution in [2.75, 3.05) is 18.0 Å². The van der Waals surface area contributed by atoms with E-state index in [0.29, 0.717) is 6.42 Å². The number of hydrogen-bond acceptors (Lipinski definition) is 3. The molecule has 1 aromatic heterocycles. The van der Waals surface area contributed by atoms with E-state index >= 15 is 0 Å². The number of carbonyl (C=O) groups is 1. The molecule has 4 rings (SSSR count). The lowest BCUT2D eigenvalue weighted by atomic mass is 10.1. The Bertz CT molecular complexity index is 973. The van der Waals surface area contributed by atoms with E-state index < -0.39 is 0 Å². The first-order chi connectivity index (χ1) is 13.6. The van der Waals surface area contributed by atoms with Gasteiger partial charge >= 0.3 is 0 Å². The maximum atomic E-state index is 13.1. The molecule has 0 bridgehead atoms. The second kappa shape index (κ2) is 8.14. The molecule has 1 saturated heterocycles. The number of halogens is 2. The summed E-state index contributed by atoms with van der Waals surface area (Å²) in [4.78, 5) is 14.5. The van der Waals surface area contributed by atoms with Crippen molar-refractivity contribution < 1.29 is 9.18 Å². The maximum Gasteiger partial charge on any atom is 0.224 e. The van der Waals surface area contributed by atoms with Crippen molar-refractivity contribution in [3.8, 4) is 11.3 Å².